The van der Waals surface area contributed by atoms with E-state index in [-0.39, 0.29) is 16.8 Å². The summed E-state index contributed by atoms with van der Waals surface area (Å²) >= 11 is 0. The average molecular weight is 337 g/mol. The Balaban J connectivity index is 1.87. The predicted molar refractivity (Wildman–Crippen MR) is 85.1 cm³/mol. The largest absolute Gasteiger partial charge is 0.290 e. The van der Waals surface area contributed by atoms with Crippen molar-refractivity contribution in [1.29, 1.82) is 0 Å². The topological polar surface area (TPSA) is 66.1 Å². The van der Waals surface area contributed by atoms with Crippen LogP contribution in [0, 0.1) is 5.82 Å². The number of piperidine rings is 1. The average Bonchev–Trinajstić information content (AvgIpc) is 3.00. The van der Waals surface area contributed by atoms with Gasteiger partial charge in [-0.25, -0.2) is 12.8 Å². The van der Waals surface area contributed by atoms with Gasteiger partial charge in [-0.3, -0.25) is 10.00 Å². The number of hydrogen-bond donors (Lipinski definition) is 1. The number of aromatic nitrogens is 2. The molecule has 1 aromatic heterocycles. The standard InChI is InChI=1S/C16H20FN3O2S/c1-23(21,22)15-10-18-19-16(15)14-4-2-3-9-20(14)11-12-5-7-13(17)8-6-12/h5-8,10,14H,2-4,9,11H2,1H3,(H,18,19). The van der Waals surface area contributed by atoms with Crippen molar-refractivity contribution in [2.75, 3.05) is 12.8 Å². The molecule has 0 radical (unpaired) electrons. The van der Waals surface area contributed by atoms with E-state index in [4.69, 9.17) is 0 Å². The van der Waals surface area contributed by atoms with E-state index < -0.39 is 9.84 Å². The van der Waals surface area contributed by atoms with Gasteiger partial charge in [0.1, 0.15) is 10.7 Å². The third-order valence-corrected chi connectivity index (χ3v) is 5.40. The van der Waals surface area contributed by atoms with Gasteiger partial charge in [0.05, 0.1) is 17.9 Å². The number of rotatable bonds is 4. The molecule has 1 atom stereocenters. The van der Waals surface area contributed by atoms with Crippen LogP contribution in [0.25, 0.3) is 0 Å². The highest BCUT2D eigenvalue weighted by Gasteiger charge is 2.30. The molecule has 1 aromatic carbocycles. The van der Waals surface area contributed by atoms with E-state index in [0.717, 1.165) is 31.4 Å². The van der Waals surface area contributed by atoms with E-state index in [0.29, 0.717) is 12.2 Å². The van der Waals surface area contributed by atoms with Crippen LogP contribution in [0.1, 0.15) is 36.6 Å². The molecule has 1 N–H and O–H groups in total. The second kappa shape index (κ2) is 6.41. The summed E-state index contributed by atoms with van der Waals surface area (Å²) in [6, 6.07) is 6.43. The number of sulfone groups is 1. The summed E-state index contributed by atoms with van der Waals surface area (Å²) < 4.78 is 36.9. The van der Waals surface area contributed by atoms with Gasteiger partial charge in [-0.2, -0.15) is 5.10 Å². The van der Waals surface area contributed by atoms with Crippen molar-refractivity contribution in [3.63, 3.8) is 0 Å². The molecule has 23 heavy (non-hydrogen) atoms. The molecule has 3 rings (SSSR count). The Bertz CT molecular complexity index is 771. The first-order valence-electron chi connectivity index (χ1n) is 7.67. The number of aromatic amines is 1. The van der Waals surface area contributed by atoms with Crippen LogP contribution >= 0.6 is 0 Å². The maximum Gasteiger partial charge on any atom is 0.178 e. The van der Waals surface area contributed by atoms with Gasteiger partial charge in [0.15, 0.2) is 9.84 Å². The highest BCUT2D eigenvalue weighted by atomic mass is 32.2. The van der Waals surface area contributed by atoms with Gasteiger partial charge in [0.25, 0.3) is 0 Å². The third-order valence-electron chi connectivity index (χ3n) is 4.28. The van der Waals surface area contributed by atoms with Crippen molar-refractivity contribution in [2.24, 2.45) is 0 Å². The Morgan fingerprint density at radius 2 is 2.04 bits per heavy atom. The fraction of sp³-hybridized carbons (Fsp3) is 0.438. The highest BCUT2D eigenvalue weighted by Crippen LogP contribution is 2.34. The van der Waals surface area contributed by atoms with Gasteiger partial charge in [0, 0.05) is 12.8 Å². The fourth-order valence-electron chi connectivity index (χ4n) is 3.15. The summed E-state index contributed by atoms with van der Waals surface area (Å²) in [5.41, 5.74) is 1.67. The Morgan fingerprint density at radius 3 is 2.74 bits per heavy atom. The van der Waals surface area contributed by atoms with Gasteiger partial charge in [0.2, 0.25) is 0 Å². The van der Waals surface area contributed by atoms with Crippen molar-refractivity contribution < 1.29 is 12.8 Å². The lowest BCUT2D eigenvalue weighted by Crippen LogP contribution is -2.33. The zero-order valence-electron chi connectivity index (χ0n) is 13.0. The van der Waals surface area contributed by atoms with Crippen LogP contribution < -0.4 is 0 Å². The quantitative estimate of drug-likeness (QED) is 0.931. The second-order valence-corrected chi connectivity index (χ2v) is 8.01. The van der Waals surface area contributed by atoms with Crippen molar-refractivity contribution in [3.05, 3.63) is 47.5 Å². The summed E-state index contributed by atoms with van der Waals surface area (Å²) in [6.45, 7) is 1.54. The van der Waals surface area contributed by atoms with Crippen molar-refractivity contribution in [3.8, 4) is 0 Å². The van der Waals surface area contributed by atoms with Gasteiger partial charge < -0.3 is 0 Å². The molecule has 1 saturated heterocycles. The molecule has 1 aliphatic heterocycles. The van der Waals surface area contributed by atoms with Crippen LogP contribution in [-0.4, -0.2) is 36.3 Å². The lowest BCUT2D eigenvalue weighted by Gasteiger charge is -2.35. The van der Waals surface area contributed by atoms with Crippen LogP contribution in [-0.2, 0) is 16.4 Å². The number of H-pyrrole nitrogens is 1. The van der Waals surface area contributed by atoms with Crippen LogP contribution in [0.5, 0.6) is 0 Å². The Morgan fingerprint density at radius 1 is 1.30 bits per heavy atom. The van der Waals surface area contributed by atoms with Crippen molar-refractivity contribution in [2.45, 2.75) is 36.7 Å². The lowest BCUT2D eigenvalue weighted by atomic mass is 9.98. The lowest BCUT2D eigenvalue weighted by molar-refractivity contribution is 0.135. The number of likely N-dealkylation sites (tertiary alicyclic amines) is 1. The molecule has 2 heterocycles. The second-order valence-electron chi connectivity index (χ2n) is 6.03. The SMILES string of the molecule is CS(=O)(=O)c1cn[nH]c1C1CCCCN1Cc1ccc(F)cc1. The Labute approximate surface area is 135 Å². The number of nitrogens with zero attached hydrogens (tertiary/aromatic N) is 2. The zero-order chi connectivity index (χ0) is 16.4. The van der Waals surface area contributed by atoms with Crippen LogP contribution in [0.2, 0.25) is 0 Å². The van der Waals surface area contributed by atoms with E-state index in [9.17, 15) is 12.8 Å². The molecular weight excluding hydrogens is 317 g/mol. The monoisotopic (exact) mass is 337 g/mol. The minimum atomic E-state index is -3.31. The molecule has 1 aliphatic rings. The van der Waals surface area contributed by atoms with Crippen molar-refractivity contribution >= 4 is 9.84 Å². The maximum atomic E-state index is 13.1. The molecule has 0 bridgehead atoms. The van der Waals surface area contributed by atoms with E-state index in [1.807, 2.05) is 0 Å². The molecule has 0 aliphatic carbocycles. The molecular formula is C16H20FN3O2S. The minimum Gasteiger partial charge on any atom is -0.290 e. The van der Waals surface area contributed by atoms with Crippen LogP contribution in [0.3, 0.4) is 0 Å². The van der Waals surface area contributed by atoms with Crippen LogP contribution in [0.15, 0.2) is 35.4 Å². The maximum absolute atomic E-state index is 13.1. The first-order chi connectivity index (χ1) is 10.9. The predicted octanol–water partition coefficient (Wildman–Crippen LogP) is 2.68. The smallest absolute Gasteiger partial charge is 0.178 e. The molecule has 7 heteroatoms. The highest BCUT2D eigenvalue weighted by molar-refractivity contribution is 7.90. The molecule has 0 saturated carbocycles. The Kier molecular flexibility index (Phi) is 4.50. The van der Waals surface area contributed by atoms with Crippen molar-refractivity contribution in [1.82, 2.24) is 15.1 Å². The molecule has 0 amide bonds. The molecule has 5 nitrogen and oxygen atoms in total. The van der Waals surface area contributed by atoms with Gasteiger partial charge in [-0.15, -0.1) is 0 Å². The number of nitrogens with one attached hydrogen (secondary N) is 1. The van der Waals surface area contributed by atoms with E-state index in [1.54, 1.807) is 12.1 Å². The summed E-state index contributed by atoms with van der Waals surface area (Å²) in [5.74, 6) is -0.253. The Hall–Kier alpha value is -1.73. The van der Waals surface area contributed by atoms with Crippen LogP contribution in [0.4, 0.5) is 4.39 Å². The molecule has 1 fully saturated rings. The minimum absolute atomic E-state index is 0.0129. The van der Waals surface area contributed by atoms with Gasteiger partial charge in [-0.05, 0) is 37.1 Å². The van der Waals surface area contributed by atoms with E-state index >= 15 is 0 Å². The third kappa shape index (κ3) is 3.61. The summed E-state index contributed by atoms with van der Waals surface area (Å²) in [6.07, 6.45) is 5.59. The molecule has 124 valence electrons. The fourth-order valence-corrected chi connectivity index (χ4v) is 3.98. The number of hydrogen-bond acceptors (Lipinski definition) is 4. The first kappa shape index (κ1) is 16.1. The number of benzene rings is 1. The summed E-state index contributed by atoms with van der Waals surface area (Å²) in [7, 11) is -3.31. The summed E-state index contributed by atoms with van der Waals surface area (Å²) in [5, 5.41) is 6.81. The number of halogens is 1. The molecule has 0 spiro atoms. The summed E-state index contributed by atoms with van der Waals surface area (Å²) in [4.78, 5) is 2.51. The molecule has 2 aromatic rings. The normalized spacial score (nSPS) is 19.8. The first-order valence-corrected chi connectivity index (χ1v) is 9.56. The molecule has 1 unspecified atom stereocenters. The zero-order valence-corrected chi connectivity index (χ0v) is 13.8. The van der Waals surface area contributed by atoms with Gasteiger partial charge in [-0.1, -0.05) is 18.6 Å². The van der Waals surface area contributed by atoms with E-state index in [1.165, 1.54) is 24.6 Å². The van der Waals surface area contributed by atoms with E-state index in [2.05, 4.69) is 15.1 Å². The van der Waals surface area contributed by atoms with Gasteiger partial charge >= 0.3 is 0 Å².